The van der Waals surface area contributed by atoms with Crippen molar-refractivity contribution in [3.8, 4) is 22.8 Å². The van der Waals surface area contributed by atoms with Gasteiger partial charge in [0.05, 0.1) is 22.8 Å². The first-order chi connectivity index (χ1) is 17.9. The maximum Gasteiger partial charge on any atom is 0.256 e. The zero-order valence-corrected chi connectivity index (χ0v) is 21.1. The van der Waals surface area contributed by atoms with Gasteiger partial charge in [0.15, 0.2) is 17.1 Å². The molecule has 9 nitrogen and oxygen atoms in total. The Kier molecular flexibility index (Phi) is 6.76. The second kappa shape index (κ2) is 10.3. The molecule has 190 valence electrons. The predicted molar refractivity (Wildman–Crippen MR) is 141 cm³/mol. The minimum absolute atomic E-state index is 0.0507. The highest BCUT2D eigenvalue weighted by atomic mass is 16.6. The molecule has 5 rings (SSSR count). The van der Waals surface area contributed by atoms with Crippen molar-refractivity contribution >= 4 is 28.5 Å². The normalized spacial score (nSPS) is 12.5. The number of benzene rings is 2. The zero-order valence-electron chi connectivity index (χ0n) is 21.1. The van der Waals surface area contributed by atoms with Crippen LogP contribution in [-0.2, 0) is 0 Å². The van der Waals surface area contributed by atoms with Gasteiger partial charge in [-0.2, -0.15) is 5.10 Å². The summed E-state index contributed by atoms with van der Waals surface area (Å²) in [5.41, 5.74) is 3.46. The summed E-state index contributed by atoms with van der Waals surface area (Å²) in [4.78, 5) is 30.8. The molecule has 2 amide bonds. The Morgan fingerprint density at radius 1 is 1.03 bits per heavy atom. The van der Waals surface area contributed by atoms with E-state index in [1.54, 1.807) is 41.2 Å². The van der Waals surface area contributed by atoms with Crippen LogP contribution in [-0.4, -0.2) is 46.3 Å². The van der Waals surface area contributed by atoms with Crippen molar-refractivity contribution in [3.05, 3.63) is 65.9 Å². The van der Waals surface area contributed by atoms with Gasteiger partial charge in [0.1, 0.15) is 13.2 Å². The van der Waals surface area contributed by atoms with E-state index in [0.29, 0.717) is 64.8 Å². The number of carbonyl (C=O) groups excluding carboxylic acids is 2. The maximum absolute atomic E-state index is 13.6. The summed E-state index contributed by atoms with van der Waals surface area (Å²) in [5, 5.41) is 10.9. The van der Waals surface area contributed by atoms with Gasteiger partial charge in [-0.1, -0.05) is 13.0 Å². The van der Waals surface area contributed by atoms with Crippen LogP contribution in [0.1, 0.15) is 53.9 Å². The molecule has 2 aromatic heterocycles. The molecule has 2 N–H and O–H groups in total. The molecule has 4 aromatic rings. The van der Waals surface area contributed by atoms with Gasteiger partial charge in [-0.15, -0.1) is 0 Å². The lowest BCUT2D eigenvalue weighted by atomic mass is 10.1. The number of fused-ring (bicyclic) bond motifs is 2. The molecule has 0 saturated heterocycles. The van der Waals surface area contributed by atoms with Gasteiger partial charge >= 0.3 is 0 Å². The number of amides is 2. The molecule has 3 heterocycles. The molecule has 1 aliphatic heterocycles. The fourth-order valence-corrected chi connectivity index (χ4v) is 4.21. The number of rotatable bonds is 7. The quantitative estimate of drug-likeness (QED) is 0.377. The van der Waals surface area contributed by atoms with Crippen molar-refractivity contribution in [1.82, 2.24) is 20.1 Å². The van der Waals surface area contributed by atoms with Gasteiger partial charge in [0.25, 0.3) is 11.8 Å². The lowest BCUT2D eigenvalue weighted by Crippen LogP contribution is -2.24. The smallest absolute Gasteiger partial charge is 0.256 e. The average Bonchev–Trinajstić information content (AvgIpc) is 3.35. The summed E-state index contributed by atoms with van der Waals surface area (Å²) < 4.78 is 13.2. The zero-order chi connectivity index (χ0) is 25.9. The topological polar surface area (TPSA) is 107 Å². The van der Waals surface area contributed by atoms with Gasteiger partial charge in [0.2, 0.25) is 0 Å². The Morgan fingerprint density at radius 3 is 2.62 bits per heavy atom. The Morgan fingerprint density at radius 2 is 1.84 bits per heavy atom. The average molecular weight is 500 g/mol. The summed E-state index contributed by atoms with van der Waals surface area (Å²) in [5.74, 6) is 0.834. The lowest BCUT2D eigenvalue weighted by Gasteiger charge is -2.19. The number of hydrogen-bond donors (Lipinski definition) is 2. The highest BCUT2D eigenvalue weighted by molar-refractivity contribution is 6.13. The maximum atomic E-state index is 13.6. The summed E-state index contributed by atoms with van der Waals surface area (Å²) in [6.07, 6.45) is 2.51. The van der Waals surface area contributed by atoms with E-state index < -0.39 is 0 Å². The summed E-state index contributed by atoms with van der Waals surface area (Å²) in [7, 11) is 0. The predicted octanol–water partition coefficient (Wildman–Crippen LogP) is 4.84. The van der Waals surface area contributed by atoms with Gasteiger partial charge in [-0.3, -0.25) is 9.59 Å². The van der Waals surface area contributed by atoms with E-state index in [1.807, 2.05) is 39.0 Å². The molecule has 0 aliphatic carbocycles. The van der Waals surface area contributed by atoms with Crippen LogP contribution in [0.2, 0.25) is 0 Å². The second-order valence-electron chi connectivity index (χ2n) is 9.12. The summed E-state index contributed by atoms with van der Waals surface area (Å²) in [6.45, 7) is 7.60. The first-order valence-electron chi connectivity index (χ1n) is 12.4. The van der Waals surface area contributed by atoms with Crippen molar-refractivity contribution in [2.75, 3.05) is 25.1 Å². The lowest BCUT2D eigenvalue weighted by molar-refractivity contribution is 0.0952. The third kappa shape index (κ3) is 4.97. The summed E-state index contributed by atoms with van der Waals surface area (Å²) in [6, 6.07) is 14.3. The van der Waals surface area contributed by atoms with Crippen LogP contribution in [0.25, 0.3) is 22.3 Å². The Balaban J connectivity index is 1.53. The molecule has 0 spiro atoms. The number of nitrogens with one attached hydrogen (secondary N) is 2. The molecule has 9 heteroatoms. The largest absolute Gasteiger partial charge is 0.486 e. The third-order valence-electron chi connectivity index (χ3n) is 6.06. The van der Waals surface area contributed by atoms with Crippen molar-refractivity contribution in [2.45, 2.75) is 33.2 Å². The first kappa shape index (κ1) is 24.3. The van der Waals surface area contributed by atoms with E-state index in [0.717, 1.165) is 12.0 Å². The van der Waals surface area contributed by atoms with Crippen molar-refractivity contribution in [1.29, 1.82) is 0 Å². The standard InChI is InChI=1S/C28H29N5O4/c1-4-10-29-27(34)19-6-5-7-20(13-19)31-28(35)21-15-23(32-26-22(21)16-30-33(26)17(2)3)18-8-9-24-25(14-18)37-12-11-36-24/h5-9,13-17H,4,10-12H2,1-3H3,(H,29,34)(H,31,35). The van der Waals surface area contributed by atoms with Crippen LogP contribution in [0.15, 0.2) is 54.7 Å². The van der Waals surface area contributed by atoms with Crippen molar-refractivity contribution in [2.24, 2.45) is 0 Å². The van der Waals surface area contributed by atoms with E-state index in [1.165, 1.54) is 0 Å². The van der Waals surface area contributed by atoms with Gasteiger partial charge in [-0.25, -0.2) is 9.67 Å². The van der Waals surface area contributed by atoms with Crippen LogP contribution in [0.3, 0.4) is 0 Å². The fourth-order valence-electron chi connectivity index (χ4n) is 4.21. The first-order valence-corrected chi connectivity index (χ1v) is 12.4. The SMILES string of the molecule is CCCNC(=O)c1cccc(NC(=O)c2cc(-c3ccc4c(c3)OCCO4)nc3c2cnn3C(C)C)c1. The minimum Gasteiger partial charge on any atom is -0.486 e. The van der Waals surface area contributed by atoms with Gasteiger partial charge < -0.3 is 20.1 Å². The number of ether oxygens (including phenoxy) is 2. The molecule has 0 atom stereocenters. The number of aromatic nitrogens is 3. The van der Waals surface area contributed by atoms with Crippen molar-refractivity contribution in [3.63, 3.8) is 0 Å². The van der Waals surface area contributed by atoms with E-state index in [4.69, 9.17) is 14.5 Å². The highest BCUT2D eigenvalue weighted by Gasteiger charge is 2.20. The molecule has 0 fully saturated rings. The van der Waals surface area contributed by atoms with E-state index in [-0.39, 0.29) is 17.9 Å². The number of hydrogen-bond acceptors (Lipinski definition) is 6. The third-order valence-corrected chi connectivity index (χ3v) is 6.06. The van der Waals surface area contributed by atoms with Crippen LogP contribution in [0.5, 0.6) is 11.5 Å². The Bertz CT molecular complexity index is 1480. The fraction of sp³-hybridized carbons (Fsp3) is 0.286. The minimum atomic E-state index is -0.319. The molecule has 0 radical (unpaired) electrons. The molecule has 2 aromatic carbocycles. The molecular formula is C28H29N5O4. The van der Waals surface area contributed by atoms with Crippen molar-refractivity contribution < 1.29 is 19.1 Å². The number of carbonyl (C=O) groups is 2. The van der Waals surface area contributed by atoms with Gasteiger partial charge in [-0.05, 0) is 62.7 Å². The summed E-state index contributed by atoms with van der Waals surface area (Å²) >= 11 is 0. The molecular weight excluding hydrogens is 470 g/mol. The highest BCUT2D eigenvalue weighted by Crippen LogP contribution is 2.35. The molecule has 37 heavy (non-hydrogen) atoms. The Hall–Kier alpha value is -4.40. The van der Waals surface area contributed by atoms with Crippen LogP contribution >= 0.6 is 0 Å². The molecule has 0 bridgehead atoms. The van der Waals surface area contributed by atoms with E-state index >= 15 is 0 Å². The second-order valence-corrected chi connectivity index (χ2v) is 9.12. The van der Waals surface area contributed by atoms with Gasteiger partial charge in [0, 0.05) is 29.4 Å². The van der Waals surface area contributed by atoms with Crippen LogP contribution < -0.4 is 20.1 Å². The number of pyridine rings is 1. The molecule has 0 saturated carbocycles. The number of anilines is 1. The van der Waals surface area contributed by atoms with E-state index in [9.17, 15) is 9.59 Å². The Labute approximate surface area is 214 Å². The molecule has 1 aliphatic rings. The van der Waals surface area contributed by atoms with Crippen LogP contribution in [0, 0.1) is 0 Å². The monoisotopic (exact) mass is 499 g/mol. The van der Waals surface area contributed by atoms with Crippen LogP contribution in [0.4, 0.5) is 5.69 Å². The number of nitrogens with zero attached hydrogens (tertiary/aromatic N) is 3. The molecule has 0 unspecified atom stereocenters. The van der Waals surface area contributed by atoms with E-state index in [2.05, 4.69) is 15.7 Å².